The molecule has 0 bridgehead atoms. The fourth-order valence-electron chi connectivity index (χ4n) is 1.98. The average molecular weight is 235 g/mol. The maximum absolute atomic E-state index is 5.91. The van der Waals surface area contributed by atoms with E-state index in [9.17, 15) is 0 Å². The third-order valence-corrected chi connectivity index (χ3v) is 2.95. The summed E-state index contributed by atoms with van der Waals surface area (Å²) in [5, 5.41) is 0. The van der Waals surface area contributed by atoms with E-state index in [4.69, 9.17) is 10.5 Å². The zero-order valence-corrected chi connectivity index (χ0v) is 11.2. The monoisotopic (exact) mass is 235 g/mol. The zero-order valence-electron chi connectivity index (χ0n) is 11.2. The number of aryl methyl sites for hydroxylation is 1. The van der Waals surface area contributed by atoms with Crippen LogP contribution in [0, 0.1) is 6.92 Å². The van der Waals surface area contributed by atoms with Crippen molar-refractivity contribution in [3.8, 4) is 5.75 Å². The van der Waals surface area contributed by atoms with Gasteiger partial charge in [0.15, 0.2) is 0 Å². The molecule has 1 rings (SSSR count). The van der Waals surface area contributed by atoms with Crippen LogP contribution in [0.2, 0.25) is 0 Å². The van der Waals surface area contributed by atoms with Gasteiger partial charge in [0.2, 0.25) is 0 Å². The van der Waals surface area contributed by atoms with Gasteiger partial charge in [0.25, 0.3) is 0 Å². The maximum Gasteiger partial charge on any atom is 0.125 e. The van der Waals surface area contributed by atoms with Gasteiger partial charge >= 0.3 is 0 Å². The molecule has 0 aliphatic heterocycles. The summed E-state index contributed by atoms with van der Waals surface area (Å²) in [6, 6.07) is 6.28. The highest BCUT2D eigenvalue weighted by Crippen LogP contribution is 2.24. The number of ether oxygens (including phenoxy) is 1. The quantitative estimate of drug-likeness (QED) is 0.700. The van der Waals surface area contributed by atoms with Crippen molar-refractivity contribution in [3.05, 3.63) is 29.3 Å². The van der Waals surface area contributed by atoms with Crippen LogP contribution in [0.3, 0.4) is 0 Å². The highest BCUT2D eigenvalue weighted by molar-refractivity contribution is 5.40. The molecule has 0 aliphatic carbocycles. The number of unbranched alkanes of at least 4 members (excludes halogenated alkanes) is 3. The van der Waals surface area contributed by atoms with E-state index in [0.717, 1.165) is 25.2 Å². The van der Waals surface area contributed by atoms with Crippen LogP contribution < -0.4 is 10.5 Å². The lowest BCUT2D eigenvalue weighted by Gasteiger charge is -2.13. The van der Waals surface area contributed by atoms with E-state index in [1.54, 1.807) is 0 Å². The molecule has 0 spiro atoms. The van der Waals surface area contributed by atoms with Crippen molar-refractivity contribution in [1.29, 1.82) is 0 Å². The van der Waals surface area contributed by atoms with Gasteiger partial charge in [0.05, 0.1) is 6.61 Å². The van der Waals surface area contributed by atoms with Crippen LogP contribution in [0.4, 0.5) is 0 Å². The molecule has 0 atom stereocenters. The molecule has 17 heavy (non-hydrogen) atoms. The van der Waals surface area contributed by atoms with Gasteiger partial charge in [-0.15, -0.1) is 0 Å². The normalized spacial score (nSPS) is 10.5. The van der Waals surface area contributed by atoms with Crippen LogP contribution in [0.25, 0.3) is 0 Å². The SMILES string of the molecule is CCCCCCOc1c(C)cccc1CCN. The van der Waals surface area contributed by atoms with Crippen molar-refractivity contribution < 1.29 is 4.74 Å². The molecule has 2 N–H and O–H groups in total. The van der Waals surface area contributed by atoms with Crippen molar-refractivity contribution in [2.24, 2.45) is 5.73 Å². The van der Waals surface area contributed by atoms with Crippen molar-refractivity contribution in [2.45, 2.75) is 46.0 Å². The minimum absolute atomic E-state index is 0.676. The number of rotatable bonds is 8. The van der Waals surface area contributed by atoms with Crippen molar-refractivity contribution >= 4 is 0 Å². The maximum atomic E-state index is 5.91. The fourth-order valence-corrected chi connectivity index (χ4v) is 1.98. The number of benzene rings is 1. The lowest BCUT2D eigenvalue weighted by Crippen LogP contribution is -2.07. The van der Waals surface area contributed by atoms with Crippen LogP contribution in [0.5, 0.6) is 5.75 Å². The Bertz CT molecular complexity index is 323. The molecular weight excluding hydrogens is 210 g/mol. The molecule has 0 fully saturated rings. The molecule has 0 saturated carbocycles. The first-order chi connectivity index (χ1) is 8.29. The topological polar surface area (TPSA) is 35.2 Å². The summed E-state index contributed by atoms with van der Waals surface area (Å²) in [5.74, 6) is 1.05. The summed E-state index contributed by atoms with van der Waals surface area (Å²) in [7, 11) is 0. The Hall–Kier alpha value is -1.02. The largest absolute Gasteiger partial charge is 0.493 e. The molecular formula is C15H25NO. The van der Waals surface area contributed by atoms with Crippen LogP contribution in [0.15, 0.2) is 18.2 Å². The first kappa shape index (κ1) is 14.0. The lowest BCUT2D eigenvalue weighted by molar-refractivity contribution is 0.300. The number of nitrogens with two attached hydrogens (primary N) is 1. The molecule has 0 aliphatic rings. The van der Waals surface area contributed by atoms with Gasteiger partial charge in [-0.05, 0) is 37.4 Å². The first-order valence-electron chi connectivity index (χ1n) is 6.71. The Morgan fingerprint density at radius 2 is 2.00 bits per heavy atom. The molecule has 1 aromatic rings. The summed E-state index contributed by atoms with van der Waals surface area (Å²) >= 11 is 0. The Balaban J connectivity index is 2.50. The molecule has 0 saturated heterocycles. The number of hydrogen-bond donors (Lipinski definition) is 1. The third-order valence-electron chi connectivity index (χ3n) is 2.95. The molecule has 0 aromatic heterocycles. The van der Waals surface area contributed by atoms with E-state index < -0.39 is 0 Å². The Morgan fingerprint density at radius 3 is 2.71 bits per heavy atom. The molecule has 1 aromatic carbocycles. The second kappa shape index (κ2) is 8.13. The predicted molar refractivity (Wildman–Crippen MR) is 73.6 cm³/mol. The van der Waals surface area contributed by atoms with Gasteiger partial charge in [0.1, 0.15) is 5.75 Å². The van der Waals surface area contributed by atoms with E-state index in [1.165, 1.54) is 30.4 Å². The van der Waals surface area contributed by atoms with E-state index in [1.807, 2.05) is 0 Å². The molecule has 2 heteroatoms. The van der Waals surface area contributed by atoms with Crippen LogP contribution in [-0.4, -0.2) is 13.2 Å². The second-order valence-electron chi connectivity index (χ2n) is 4.51. The van der Waals surface area contributed by atoms with Gasteiger partial charge in [-0.25, -0.2) is 0 Å². The minimum Gasteiger partial charge on any atom is -0.493 e. The van der Waals surface area contributed by atoms with Gasteiger partial charge in [-0.3, -0.25) is 0 Å². The number of para-hydroxylation sites is 1. The average Bonchev–Trinajstić information content (AvgIpc) is 2.32. The first-order valence-corrected chi connectivity index (χ1v) is 6.71. The van der Waals surface area contributed by atoms with Gasteiger partial charge in [0, 0.05) is 0 Å². The highest BCUT2D eigenvalue weighted by Gasteiger charge is 2.05. The Kier molecular flexibility index (Phi) is 6.71. The summed E-state index contributed by atoms with van der Waals surface area (Å²) in [4.78, 5) is 0. The van der Waals surface area contributed by atoms with Crippen LogP contribution >= 0.6 is 0 Å². The van der Waals surface area contributed by atoms with E-state index in [-0.39, 0.29) is 0 Å². The standard InChI is InChI=1S/C15H25NO/c1-3-4-5-6-12-17-15-13(2)8-7-9-14(15)10-11-16/h7-9H,3-6,10-12,16H2,1-2H3. The lowest BCUT2D eigenvalue weighted by atomic mass is 10.1. The smallest absolute Gasteiger partial charge is 0.125 e. The van der Waals surface area contributed by atoms with Crippen LogP contribution in [-0.2, 0) is 6.42 Å². The van der Waals surface area contributed by atoms with E-state index in [0.29, 0.717) is 6.54 Å². The molecule has 0 radical (unpaired) electrons. The van der Waals surface area contributed by atoms with Crippen molar-refractivity contribution in [3.63, 3.8) is 0 Å². The molecule has 0 amide bonds. The number of hydrogen-bond acceptors (Lipinski definition) is 2. The molecule has 96 valence electrons. The molecule has 0 heterocycles. The minimum atomic E-state index is 0.676. The molecule has 0 unspecified atom stereocenters. The Morgan fingerprint density at radius 1 is 1.18 bits per heavy atom. The Labute approximate surface area is 105 Å². The highest BCUT2D eigenvalue weighted by atomic mass is 16.5. The summed E-state index contributed by atoms with van der Waals surface area (Å²) in [6.07, 6.45) is 5.86. The van der Waals surface area contributed by atoms with Crippen molar-refractivity contribution in [2.75, 3.05) is 13.2 Å². The summed E-state index contributed by atoms with van der Waals surface area (Å²) in [5.41, 5.74) is 8.07. The van der Waals surface area contributed by atoms with Crippen molar-refractivity contribution in [1.82, 2.24) is 0 Å². The molecule has 2 nitrogen and oxygen atoms in total. The predicted octanol–water partition coefficient (Wildman–Crippen LogP) is 3.46. The van der Waals surface area contributed by atoms with E-state index in [2.05, 4.69) is 32.0 Å². The van der Waals surface area contributed by atoms with Crippen LogP contribution in [0.1, 0.15) is 43.7 Å². The van der Waals surface area contributed by atoms with Gasteiger partial charge in [-0.1, -0.05) is 44.4 Å². The summed E-state index contributed by atoms with van der Waals surface area (Å²) in [6.45, 7) is 5.82. The van der Waals surface area contributed by atoms with Gasteiger partial charge < -0.3 is 10.5 Å². The second-order valence-corrected chi connectivity index (χ2v) is 4.51. The zero-order chi connectivity index (χ0) is 12.5. The van der Waals surface area contributed by atoms with Gasteiger partial charge in [-0.2, -0.15) is 0 Å². The third kappa shape index (κ3) is 4.78. The fraction of sp³-hybridized carbons (Fsp3) is 0.600. The summed E-state index contributed by atoms with van der Waals surface area (Å²) < 4.78 is 5.91. The van der Waals surface area contributed by atoms with E-state index >= 15 is 0 Å².